The molecule has 0 fully saturated rings. The van der Waals surface area contributed by atoms with Gasteiger partial charge in [-0.15, -0.1) is 0 Å². The Hall–Kier alpha value is -2.29. The van der Waals surface area contributed by atoms with Crippen LogP contribution in [0.4, 0.5) is 10.5 Å². The van der Waals surface area contributed by atoms with E-state index in [1.807, 2.05) is 49.4 Å². The van der Waals surface area contributed by atoms with Crippen molar-refractivity contribution in [3.8, 4) is 11.1 Å². The number of hydrogen-bond donors (Lipinski definition) is 1. The fourth-order valence-corrected chi connectivity index (χ4v) is 1.82. The highest BCUT2D eigenvalue weighted by atomic mass is 16.5. The fourth-order valence-electron chi connectivity index (χ4n) is 1.82. The Kier molecular flexibility index (Phi) is 3.63. The van der Waals surface area contributed by atoms with Gasteiger partial charge in [0.1, 0.15) is 0 Å². The van der Waals surface area contributed by atoms with Gasteiger partial charge in [-0.1, -0.05) is 48.0 Å². The Morgan fingerprint density at radius 2 is 1.89 bits per heavy atom. The minimum Gasteiger partial charge on any atom is -0.453 e. The Morgan fingerprint density at radius 1 is 1.11 bits per heavy atom. The number of para-hydroxylation sites is 1. The lowest BCUT2D eigenvalue weighted by Gasteiger charge is -2.10. The lowest BCUT2D eigenvalue weighted by molar-refractivity contribution is 0.187. The molecular weight excluding hydrogens is 226 g/mol. The summed E-state index contributed by atoms with van der Waals surface area (Å²) in [4.78, 5) is 11.3. The van der Waals surface area contributed by atoms with E-state index in [4.69, 9.17) is 0 Å². The highest BCUT2D eigenvalue weighted by molar-refractivity contribution is 5.91. The average molecular weight is 241 g/mol. The highest BCUT2D eigenvalue weighted by Gasteiger charge is 2.07. The van der Waals surface area contributed by atoms with Crippen LogP contribution in [0.25, 0.3) is 11.1 Å². The van der Waals surface area contributed by atoms with Gasteiger partial charge in [0.25, 0.3) is 0 Å². The maximum absolute atomic E-state index is 11.3. The van der Waals surface area contributed by atoms with Gasteiger partial charge in [-0.25, -0.2) is 4.79 Å². The van der Waals surface area contributed by atoms with E-state index < -0.39 is 6.09 Å². The highest BCUT2D eigenvalue weighted by Crippen LogP contribution is 2.28. The number of aryl methyl sites for hydroxylation is 1. The van der Waals surface area contributed by atoms with Gasteiger partial charge in [0.2, 0.25) is 0 Å². The van der Waals surface area contributed by atoms with E-state index in [-0.39, 0.29) is 0 Å². The molecule has 0 spiro atoms. The molecule has 0 unspecified atom stereocenters. The van der Waals surface area contributed by atoms with Gasteiger partial charge in [-0.05, 0) is 18.6 Å². The summed E-state index contributed by atoms with van der Waals surface area (Å²) in [6, 6.07) is 15.8. The monoisotopic (exact) mass is 241 g/mol. The summed E-state index contributed by atoms with van der Waals surface area (Å²) >= 11 is 0. The first kappa shape index (κ1) is 12.2. The molecule has 0 radical (unpaired) electrons. The van der Waals surface area contributed by atoms with E-state index >= 15 is 0 Å². The third-order valence-electron chi connectivity index (χ3n) is 2.68. The van der Waals surface area contributed by atoms with Gasteiger partial charge in [-0.3, -0.25) is 5.32 Å². The normalized spacial score (nSPS) is 9.89. The molecule has 0 aromatic heterocycles. The molecule has 0 atom stereocenters. The van der Waals surface area contributed by atoms with Crippen molar-refractivity contribution in [1.82, 2.24) is 0 Å². The number of carbonyl (C=O) groups excluding carboxylic acids is 1. The number of benzene rings is 2. The van der Waals surface area contributed by atoms with Gasteiger partial charge in [0.15, 0.2) is 0 Å². The minimum absolute atomic E-state index is 0.463. The SMILES string of the molecule is COC(=O)Nc1ccccc1-c1cccc(C)c1. The van der Waals surface area contributed by atoms with Crippen molar-refractivity contribution in [1.29, 1.82) is 0 Å². The molecule has 0 bridgehead atoms. The number of rotatable bonds is 2. The third kappa shape index (κ3) is 2.69. The maximum atomic E-state index is 11.3. The van der Waals surface area contributed by atoms with Crippen LogP contribution in [0.2, 0.25) is 0 Å². The van der Waals surface area contributed by atoms with Gasteiger partial charge >= 0.3 is 6.09 Å². The Bertz CT molecular complexity index is 564. The minimum atomic E-state index is -0.463. The molecular formula is C15H15NO2. The number of methoxy groups -OCH3 is 1. The van der Waals surface area contributed by atoms with Crippen molar-refractivity contribution in [3.63, 3.8) is 0 Å². The number of hydrogen-bond acceptors (Lipinski definition) is 2. The van der Waals surface area contributed by atoms with Crippen LogP contribution in [0.1, 0.15) is 5.56 Å². The molecule has 0 saturated carbocycles. The largest absolute Gasteiger partial charge is 0.453 e. The van der Waals surface area contributed by atoms with E-state index in [1.54, 1.807) is 0 Å². The second-order valence-electron chi connectivity index (χ2n) is 4.03. The van der Waals surface area contributed by atoms with Gasteiger partial charge < -0.3 is 4.74 Å². The summed E-state index contributed by atoms with van der Waals surface area (Å²) in [6.07, 6.45) is -0.463. The van der Waals surface area contributed by atoms with Crippen molar-refractivity contribution >= 4 is 11.8 Å². The molecule has 2 aromatic rings. The number of carbonyl (C=O) groups is 1. The molecule has 0 aliphatic rings. The quantitative estimate of drug-likeness (QED) is 0.867. The first-order valence-electron chi connectivity index (χ1n) is 5.72. The Balaban J connectivity index is 2.41. The van der Waals surface area contributed by atoms with Crippen molar-refractivity contribution in [3.05, 3.63) is 54.1 Å². The first-order valence-corrected chi connectivity index (χ1v) is 5.72. The molecule has 3 heteroatoms. The Labute approximate surface area is 106 Å². The molecule has 0 aliphatic heterocycles. The molecule has 1 N–H and O–H groups in total. The molecule has 2 rings (SSSR count). The number of nitrogens with one attached hydrogen (secondary N) is 1. The third-order valence-corrected chi connectivity index (χ3v) is 2.68. The van der Waals surface area contributed by atoms with Crippen LogP contribution in [-0.4, -0.2) is 13.2 Å². The lowest BCUT2D eigenvalue weighted by Crippen LogP contribution is -2.11. The fraction of sp³-hybridized carbons (Fsp3) is 0.133. The lowest BCUT2D eigenvalue weighted by atomic mass is 10.0. The zero-order valence-corrected chi connectivity index (χ0v) is 10.4. The second kappa shape index (κ2) is 5.36. The summed E-state index contributed by atoms with van der Waals surface area (Å²) in [6.45, 7) is 2.04. The zero-order valence-electron chi connectivity index (χ0n) is 10.4. The molecule has 3 nitrogen and oxygen atoms in total. The topological polar surface area (TPSA) is 38.3 Å². The van der Waals surface area contributed by atoms with Gasteiger partial charge in [0, 0.05) is 5.56 Å². The first-order chi connectivity index (χ1) is 8.70. The number of anilines is 1. The van der Waals surface area contributed by atoms with Crippen molar-refractivity contribution in [2.45, 2.75) is 6.92 Å². The van der Waals surface area contributed by atoms with Crippen LogP contribution >= 0.6 is 0 Å². The van der Waals surface area contributed by atoms with Crippen LogP contribution in [0.5, 0.6) is 0 Å². The van der Waals surface area contributed by atoms with E-state index in [2.05, 4.69) is 16.1 Å². The van der Waals surface area contributed by atoms with E-state index in [0.29, 0.717) is 0 Å². The second-order valence-corrected chi connectivity index (χ2v) is 4.03. The molecule has 92 valence electrons. The average Bonchev–Trinajstić information content (AvgIpc) is 2.39. The number of amides is 1. The molecule has 0 aliphatic carbocycles. The van der Waals surface area contributed by atoms with E-state index in [0.717, 1.165) is 16.8 Å². The van der Waals surface area contributed by atoms with Gasteiger partial charge in [0.05, 0.1) is 12.8 Å². The Morgan fingerprint density at radius 3 is 2.61 bits per heavy atom. The van der Waals surface area contributed by atoms with E-state index in [9.17, 15) is 4.79 Å². The van der Waals surface area contributed by atoms with Crippen molar-refractivity contribution < 1.29 is 9.53 Å². The van der Waals surface area contributed by atoms with Crippen LogP contribution in [-0.2, 0) is 4.74 Å². The molecule has 0 saturated heterocycles. The molecule has 0 heterocycles. The summed E-state index contributed by atoms with van der Waals surface area (Å²) in [7, 11) is 1.35. The molecule has 2 aromatic carbocycles. The molecule has 18 heavy (non-hydrogen) atoms. The summed E-state index contributed by atoms with van der Waals surface area (Å²) in [5, 5.41) is 2.72. The predicted molar refractivity (Wildman–Crippen MR) is 72.6 cm³/mol. The zero-order chi connectivity index (χ0) is 13.0. The summed E-state index contributed by atoms with van der Waals surface area (Å²) < 4.78 is 4.62. The standard InChI is InChI=1S/C15H15NO2/c1-11-6-5-7-12(10-11)13-8-3-4-9-14(13)16-15(17)18-2/h3-10H,1-2H3,(H,16,17). The van der Waals surface area contributed by atoms with Crippen LogP contribution in [0.15, 0.2) is 48.5 Å². The van der Waals surface area contributed by atoms with Crippen molar-refractivity contribution in [2.75, 3.05) is 12.4 Å². The van der Waals surface area contributed by atoms with Crippen molar-refractivity contribution in [2.24, 2.45) is 0 Å². The smallest absolute Gasteiger partial charge is 0.411 e. The van der Waals surface area contributed by atoms with Crippen LogP contribution in [0.3, 0.4) is 0 Å². The summed E-state index contributed by atoms with van der Waals surface area (Å²) in [5.41, 5.74) is 3.98. The maximum Gasteiger partial charge on any atom is 0.411 e. The van der Waals surface area contributed by atoms with Crippen LogP contribution in [0, 0.1) is 6.92 Å². The molecule has 1 amide bonds. The van der Waals surface area contributed by atoms with E-state index in [1.165, 1.54) is 12.7 Å². The summed E-state index contributed by atoms with van der Waals surface area (Å²) in [5.74, 6) is 0. The number of ether oxygens (including phenoxy) is 1. The van der Waals surface area contributed by atoms with Gasteiger partial charge in [-0.2, -0.15) is 0 Å². The predicted octanol–water partition coefficient (Wildman–Crippen LogP) is 3.84. The van der Waals surface area contributed by atoms with Crippen LogP contribution < -0.4 is 5.32 Å².